The van der Waals surface area contributed by atoms with Gasteiger partial charge in [0, 0.05) is 33.2 Å². The van der Waals surface area contributed by atoms with E-state index in [-0.39, 0.29) is 11.9 Å². The molecule has 0 aromatic rings. The summed E-state index contributed by atoms with van der Waals surface area (Å²) in [5, 5.41) is 9.24. The number of aliphatic carboxylic acids is 1. The van der Waals surface area contributed by atoms with Crippen LogP contribution in [0.15, 0.2) is 0 Å². The lowest BCUT2D eigenvalue weighted by Crippen LogP contribution is -2.50. The monoisotopic (exact) mass is 283 g/mol. The normalized spacial score (nSPS) is 25.8. The van der Waals surface area contributed by atoms with Crippen LogP contribution < -0.4 is 0 Å². The van der Waals surface area contributed by atoms with Crippen LogP contribution in [0, 0.1) is 0 Å². The van der Waals surface area contributed by atoms with Crippen molar-refractivity contribution in [3.8, 4) is 0 Å². The van der Waals surface area contributed by atoms with Gasteiger partial charge in [-0.3, -0.25) is 19.4 Å². The molecule has 1 atom stereocenters. The van der Waals surface area contributed by atoms with Crippen LogP contribution in [0.5, 0.6) is 0 Å². The zero-order valence-corrected chi connectivity index (χ0v) is 12.4. The highest BCUT2D eigenvalue weighted by Gasteiger charge is 2.36. The first-order chi connectivity index (χ1) is 9.49. The first-order valence-corrected chi connectivity index (χ1v) is 7.40. The molecule has 0 aromatic heterocycles. The van der Waals surface area contributed by atoms with Gasteiger partial charge in [-0.1, -0.05) is 0 Å². The summed E-state index contributed by atoms with van der Waals surface area (Å²) in [6.45, 7) is 3.14. The Balaban J connectivity index is 1.82. The average molecular weight is 283 g/mol. The molecule has 0 saturated carbocycles. The third kappa shape index (κ3) is 3.49. The molecule has 6 nitrogen and oxygen atoms in total. The molecule has 1 amide bonds. The lowest BCUT2D eigenvalue weighted by Gasteiger charge is -2.38. The first-order valence-electron chi connectivity index (χ1n) is 7.40. The van der Waals surface area contributed by atoms with E-state index in [1.807, 2.05) is 0 Å². The molecular formula is C14H25N3O3. The molecule has 0 spiro atoms. The predicted molar refractivity (Wildman–Crippen MR) is 75.5 cm³/mol. The third-order valence-corrected chi connectivity index (χ3v) is 4.46. The van der Waals surface area contributed by atoms with Crippen molar-refractivity contribution in [2.75, 3.05) is 40.3 Å². The fourth-order valence-corrected chi connectivity index (χ4v) is 3.23. The van der Waals surface area contributed by atoms with Gasteiger partial charge in [0.05, 0.1) is 6.54 Å². The number of amides is 1. The minimum atomic E-state index is -0.687. The molecular weight excluding hydrogens is 258 g/mol. The number of piperidine rings is 1. The molecule has 0 aromatic carbocycles. The van der Waals surface area contributed by atoms with E-state index in [1.165, 1.54) is 0 Å². The number of likely N-dealkylation sites (N-methyl/N-ethyl adjacent to an activating group) is 1. The molecule has 20 heavy (non-hydrogen) atoms. The van der Waals surface area contributed by atoms with Crippen molar-refractivity contribution in [2.45, 2.75) is 37.8 Å². The highest BCUT2D eigenvalue weighted by Crippen LogP contribution is 2.26. The van der Waals surface area contributed by atoms with Gasteiger partial charge >= 0.3 is 5.97 Å². The SMILES string of the molecule is CN(C)C(=O)CN1CCC(N2CCCC2C(=O)O)CC1. The number of carbonyl (C=O) groups excluding carboxylic acids is 1. The van der Waals surface area contributed by atoms with Crippen molar-refractivity contribution in [3.63, 3.8) is 0 Å². The second kappa shape index (κ2) is 6.54. The second-order valence-corrected chi connectivity index (χ2v) is 6.03. The lowest BCUT2D eigenvalue weighted by molar-refractivity contribution is -0.143. The number of carbonyl (C=O) groups is 2. The van der Waals surface area contributed by atoms with E-state index in [2.05, 4.69) is 9.80 Å². The van der Waals surface area contributed by atoms with Gasteiger partial charge in [-0.2, -0.15) is 0 Å². The van der Waals surface area contributed by atoms with Crippen LogP contribution in [0.1, 0.15) is 25.7 Å². The Hall–Kier alpha value is -1.14. The summed E-state index contributed by atoms with van der Waals surface area (Å²) in [4.78, 5) is 28.9. The van der Waals surface area contributed by atoms with Crippen molar-refractivity contribution >= 4 is 11.9 Å². The predicted octanol–water partition coefficient (Wildman–Crippen LogP) is 0.0880. The number of rotatable bonds is 4. The van der Waals surface area contributed by atoms with Gasteiger partial charge in [-0.15, -0.1) is 0 Å². The maximum absolute atomic E-state index is 11.7. The fourth-order valence-electron chi connectivity index (χ4n) is 3.23. The molecule has 2 aliphatic heterocycles. The Morgan fingerprint density at radius 3 is 2.35 bits per heavy atom. The van der Waals surface area contributed by atoms with Gasteiger partial charge in [0.25, 0.3) is 0 Å². The quantitative estimate of drug-likeness (QED) is 0.792. The van der Waals surface area contributed by atoms with Crippen LogP contribution in [0.25, 0.3) is 0 Å². The lowest BCUT2D eigenvalue weighted by atomic mass is 10.0. The fraction of sp³-hybridized carbons (Fsp3) is 0.857. The van der Waals surface area contributed by atoms with Gasteiger partial charge < -0.3 is 10.0 Å². The van der Waals surface area contributed by atoms with Gasteiger partial charge in [0.15, 0.2) is 0 Å². The molecule has 0 radical (unpaired) electrons. The van der Waals surface area contributed by atoms with Crippen LogP contribution in [0.2, 0.25) is 0 Å². The van der Waals surface area contributed by atoms with Gasteiger partial charge in [0.2, 0.25) is 5.91 Å². The van der Waals surface area contributed by atoms with Crippen molar-refractivity contribution < 1.29 is 14.7 Å². The summed E-state index contributed by atoms with van der Waals surface area (Å²) in [6.07, 6.45) is 3.68. The minimum Gasteiger partial charge on any atom is -0.480 e. The highest BCUT2D eigenvalue weighted by molar-refractivity contribution is 5.77. The molecule has 2 rings (SSSR count). The third-order valence-electron chi connectivity index (χ3n) is 4.46. The Kier molecular flexibility index (Phi) is 4.99. The molecule has 114 valence electrons. The molecule has 6 heteroatoms. The smallest absolute Gasteiger partial charge is 0.320 e. The van der Waals surface area contributed by atoms with Crippen LogP contribution in [0.4, 0.5) is 0 Å². The van der Waals surface area contributed by atoms with Gasteiger partial charge in [-0.25, -0.2) is 0 Å². The van der Waals surface area contributed by atoms with Crippen molar-refractivity contribution in [1.82, 2.24) is 14.7 Å². The summed E-state index contributed by atoms with van der Waals surface area (Å²) in [7, 11) is 3.55. The van der Waals surface area contributed by atoms with E-state index in [9.17, 15) is 14.7 Å². The van der Waals surface area contributed by atoms with E-state index in [4.69, 9.17) is 0 Å². The summed E-state index contributed by atoms with van der Waals surface area (Å²) in [5.74, 6) is -0.555. The second-order valence-electron chi connectivity index (χ2n) is 6.03. The van der Waals surface area contributed by atoms with Crippen molar-refractivity contribution in [2.24, 2.45) is 0 Å². The zero-order valence-electron chi connectivity index (χ0n) is 12.4. The maximum Gasteiger partial charge on any atom is 0.320 e. The number of nitrogens with zero attached hydrogens (tertiary/aromatic N) is 3. The van der Waals surface area contributed by atoms with E-state index < -0.39 is 5.97 Å². The van der Waals surface area contributed by atoms with E-state index >= 15 is 0 Å². The summed E-state index contributed by atoms with van der Waals surface area (Å²) in [6, 6.07) is 0.0688. The molecule has 0 bridgehead atoms. The first kappa shape index (κ1) is 15.3. The van der Waals surface area contributed by atoms with Gasteiger partial charge in [-0.05, 0) is 32.2 Å². The Morgan fingerprint density at radius 2 is 1.80 bits per heavy atom. The van der Waals surface area contributed by atoms with Gasteiger partial charge in [0.1, 0.15) is 6.04 Å². The molecule has 0 aliphatic carbocycles. The number of hydrogen-bond donors (Lipinski definition) is 1. The summed E-state index contributed by atoms with van der Waals surface area (Å²) >= 11 is 0. The molecule has 1 unspecified atom stereocenters. The Labute approximate surface area is 120 Å². The molecule has 2 aliphatic rings. The largest absolute Gasteiger partial charge is 0.480 e. The Morgan fingerprint density at radius 1 is 1.15 bits per heavy atom. The molecule has 1 N–H and O–H groups in total. The molecule has 2 fully saturated rings. The average Bonchev–Trinajstić information content (AvgIpc) is 2.88. The number of carboxylic acid groups (broad SMARTS) is 1. The van der Waals surface area contributed by atoms with E-state index in [0.717, 1.165) is 45.3 Å². The molecule has 2 saturated heterocycles. The standard InChI is InChI=1S/C14H25N3O3/c1-15(2)13(18)10-16-8-5-11(6-9-16)17-7-3-4-12(17)14(19)20/h11-12H,3-10H2,1-2H3,(H,19,20). The summed E-state index contributed by atoms with van der Waals surface area (Å²) in [5.41, 5.74) is 0. The summed E-state index contributed by atoms with van der Waals surface area (Å²) < 4.78 is 0. The number of hydrogen-bond acceptors (Lipinski definition) is 4. The van der Waals surface area contributed by atoms with Crippen molar-refractivity contribution in [3.05, 3.63) is 0 Å². The number of likely N-dealkylation sites (tertiary alicyclic amines) is 2. The topological polar surface area (TPSA) is 64.1 Å². The zero-order chi connectivity index (χ0) is 14.7. The van der Waals surface area contributed by atoms with Crippen LogP contribution >= 0.6 is 0 Å². The van der Waals surface area contributed by atoms with E-state index in [0.29, 0.717) is 12.6 Å². The van der Waals surface area contributed by atoms with Crippen LogP contribution in [0.3, 0.4) is 0 Å². The van der Waals surface area contributed by atoms with E-state index in [1.54, 1.807) is 19.0 Å². The van der Waals surface area contributed by atoms with Crippen LogP contribution in [-0.4, -0.2) is 84.0 Å². The van der Waals surface area contributed by atoms with Crippen molar-refractivity contribution in [1.29, 1.82) is 0 Å². The highest BCUT2D eigenvalue weighted by atomic mass is 16.4. The molecule has 2 heterocycles. The Bertz CT molecular complexity index is 365. The van der Waals surface area contributed by atoms with Crippen LogP contribution in [-0.2, 0) is 9.59 Å². The number of carboxylic acids is 1. The maximum atomic E-state index is 11.7. The minimum absolute atomic E-state index is 0.132.